The molecule has 7 heteroatoms. The number of aryl methyl sites for hydroxylation is 1. The Morgan fingerprint density at radius 2 is 2.33 bits per heavy atom. The van der Waals surface area contributed by atoms with Crippen molar-refractivity contribution in [3.8, 4) is 0 Å². The zero-order valence-corrected chi connectivity index (χ0v) is 12.3. The molecule has 0 radical (unpaired) electrons. The van der Waals surface area contributed by atoms with E-state index >= 15 is 0 Å². The number of hydrogen-bond donors (Lipinski definition) is 2. The van der Waals surface area contributed by atoms with Crippen molar-refractivity contribution in [2.45, 2.75) is 43.5 Å². The van der Waals surface area contributed by atoms with Gasteiger partial charge in [-0.1, -0.05) is 25.6 Å². The second-order valence-corrected chi connectivity index (χ2v) is 5.91. The second kappa shape index (κ2) is 8.44. The predicted octanol–water partition coefficient (Wildman–Crippen LogP) is 2.04. The van der Waals surface area contributed by atoms with Crippen LogP contribution in [0.4, 0.5) is 0 Å². The molecule has 5 nitrogen and oxygen atoms in total. The molecule has 0 bridgehead atoms. The first-order valence-electron chi connectivity index (χ1n) is 6.08. The number of carboxylic acid groups (broad SMARTS) is 1. The van der Waals surface area contributed by atoms with Gasteiger partial charge in [0.2, 0.25) is 0 Å². The van der Waals surface area contributed by atoms with Gasteiger partial charge in [-0.2, -0.15) is 4.37 Å². The lowest BCUT2D eigenvalue weighted by Gasteiger charge is -2.12. The highest BCUT2D eigenvalue weighted by molar-refractivity contribution is 8.00. The molecule has 0 aliphatic carbocycles. The lowest BCUT2D eigenvalue weighted by atomic mass is 10.2. The number of nitrogens with one attached hydrogen (secondary N) is 1. The Kier molecular flexibility index (Phi) is 7.22. The topological polar surface area (TPSA) is 75.1 Å². The maximum atomic E-state index is 11.0. The van der Waals surface area contributed by atoms with Gasteiger partial charge in [0, 0.05) is 12.2 Å². The molecule has 2 N–H and O–H groups in total. The zero-order valence-electron chi connectivity index (χ0n) is 10.7. The number of rotatable bonds is 9. The number of aliphatic carboxylic acids is 1. The summed E-state index contributed by atoms with van der Waals surface area (Å²) in [6.07, 6.45) is 2.38. The van der Waals surface area contributed by atoms with Crippen LogP contribution in [-0.4, -0.2) is 38.8 Å². The van der Waals surface area contributed by atoms with Gasteiger partial charge in [-0.3, -0.25) is 4.79 Å². The summed E-state index contributed by atoms with van der Waals surface area (Å²) in [6, 6.07) is -0.462. The van der Waals surface area contributed by atoms with E-state index in [4.69, 9.17) is 5.11 Å². The van der Waals surface area contributed by atoms with Gasteiger partial charge >= 0.3 is 5.97 Å². The van der Waals surface area contributed by atoms with E-state index in [-0.39, 0.29) is 0 Å². The predicted molar refractivity (Wildman–Crippen MR) is 74.3 cm³/mol. The maximum Gasteiger partial charge on any atom is 0.320 e. The molecule has 102 valence electrons. The molecule has 0 aliphatic heterocycles. The van der Waals surface area contributed by atoms with Crippen LogP contribution in [0, 0.1) is 0 Å². The third kappa shape index (κ3) is 5.32. The highest BCUT2D eigenvalue weighted by Gasteiger charge is 2.16. The molecule has 0 saturated carbocycles. The van der Waals surface area contributed by atoms with Crippen molar-refractivity contribution >= 4 is 29.3 Å². The van der Waals surface area contributed by atoms with E-state index in [0.29, 0.717) is 6.42 Å². The first kappa shape index (κ1) is 15.4. The maximum absolute atomic E-state index is 11.0. The van der Waals surface area contributed by atoms with E-state index in [0.717, 1.165) is 35.3 Å². The molecule has 0 aromatic carbocycles. The number of aromatic nitrogens is 2. The summed E-state index contributed by atoms with van der Waals surface area (Å²) in [6.45, 7) is 4.78. The normalized spacial score (nSPS) is 12.6. The molecule has 18 heavy (non-hydrogen) atoms. The monoisotopic (exact) mass is 289 g/mol. The average Bonchev–Trinajstić information content (AvgIpc) is 2.81. The molecular formula is C11H19N3O2S2. The minimum absolute atomic E-state index is 0.462. The Morgan fingerprint density at radius 3 is 2.89 bits per heavy atom. The van der Waals surface area contributed by atoms with Gasteiger partial charge in [0.15, 0.2) is 4.34 Å². The van der Waals surface area contributed by atoms with Crippen molar-refractivity contribution in [2.75, 3.05) is 12.3 Å². The Hall–Kier alpha value is -0.660. The molecule has 1 atom stereocenters. The summed E-state index contributed by atoms with van der Waals surface area (Å²) < 4.78 is 5.12. The summed E-state index contributed by atoms with van der Waals surface area (Å²) in [4.78, 5) is 15.3. The van der Waals surface area contributed by atoms with E-state index in [2.05, 4.69) is 14.7 Å². The first-order valence-corrected chi connectivity index (χ1v) is 7.84. The van der Waals surface area contributed by atoms with Gasteiger partial charge in [-0.05, 0) is 30.9 Å². The number of carbonyl (C=O) groups is 1. The highest BCUT2D eigenvalue weighted by Crippen LogP contribution is 2.21. The molecule has 1 heterocycles. The van der Waals surface area contributed by atoms with Gasteiger partial charge in [0.25, 0.3) is 0 Å². The Bertz CT molecular complexity index is 371. The van der Waals surface area contributed by atoms with Crippen molar-refractivity contribution in [1.29, 1.82) is 0 Å². The van der Waals surface area contributed by atoms with Crippen molar-refractivity contribution in [3.05, 3.63) is 5.82 Å². The molecule has 0 fully saturated rings. The molecule has 0 spiro atoms. The molecule has 1 unspecified atom stereocenters. The van der Waals surface area contributed by atoms with E-state index in [9.17, 15) is 4.79 Å². The Morgan fingerprint density at radius 1 is 1.56 bits per heavy atom. The van der Waals surface area contributed by atoms with E-state index in [1.807, 2.05) is 13.8 Å². The van der Waals surface area contributed by atoms with Crippen LogP contribution in [0.25, 0.3) is 0 Å². The van der Waals surface area contributed by atoms with Crippen LogP contribution in [0.15, 0.2) is 4.34 Å². The van der Waals surface area contributed by atoms with Crippen molar-refractivity contribution in [2.24, 2.45) is 0 Å². The average molecular weight is 289 g/mol. The lowest BCUT2D eigenvalue weighted by molar-refractivity contribution is -0.139. The molecule has 1 rings (SSSR count). The third-order valence-corrected chi connectivity index (χ3v) is 4.24. The van der Waals surface area contributed by atoms with Crippen molar-refractivity contribution < 1.29 is 9.90 Å². The smallest absolute Gasteiger partial charge is 0.320 e. The SMILES string of the molecule is CCCNC(CCSc1nc(CC)ns1)C(=O)O. The lowest BCUT2D eigenvalue weighted by Crippen LogP contribution is -2.37. The summed E-state index contributed by atoms with van der Waals surface area (Å²) >= 11 is 2.96. The van der Waals surface area contributed by atoms with Gasteiger partial charge < -0.3 is 10.4 Å². The first-order chi connectivity index (χ1) is 8.67. The number of carboxylic acids is 1. The van der Waals surface area contributed by atoms with Crippen LogP contribution < -0.4 is 5.32 Å². The number of nitrogens with zero attached hydrogens (tertiary/aromatic N) is 2. The summed E-state index contributed by atoms with van der Waals surface area (Å²) in [7, 11) is 0. The van der Waals surface area contributed by atoms with E-state index < -0.39 is 12.0 Å². The number of thioether (sulfide) groups is 1. The van der Waals surface area contributed by atoms with Gasteiger partial charge in [-0.15, -0.1) is 0 Å². The number of hydrogen-bond acceptors (Lipinski definition) is 6. The van der Waals surface area contributed by atoms with Gasteiger partial charge in [0.05, 0.1) is 0 Å². The van der Waals surface area contributed by atoms with Crippen molar-refractivity contribution in [1.82, 2.24) is 14.7 Å². The van der Waals surface area contributed by atoms with Crippen LogP contribution >= 0.6 is 23.3 Å². The second-order valence-electron chi connectivity index (χ2n) is 3.81. The van der Waals surface area contributed by atoms with Crippen LogP contribution in [0.1, 0.15) is 32.5 Å². The Balaban J connectivity index is 2.31. The quantitative estimate of drug-likeness (QED) is 0.678. The van der Waals surface area contributed by atoms with E-state index in [1.54, 1.807) is 11.8 Å². The highest BCUT2D eigenvalue weighted by atomic mass is 32.2. The molecule has 0 amide bonds. The molecular weight excluding hydrogens is 270 g/mol. The van der Waals surface area contributed by atoms with Crippen LogP contribution in [0.3, 0.4) is 0 Å². The summed E-state index contributed by atoms with van der Waals surface area (Å²) in [5, 5.41) is 12.1. The van der Waals surface area contributed by atoms with Gasteiger partial charge in [0.1, 0.15) is 11.9 Å². The third-order valence-electron chi connectivity index (χ3n) is 2.34. The fraction of sp³-hybridized carbons (Fsp3) is 0.727. The summed E-state index contributed by atoms with van der Waals surface area (Å²) in [5.74, 6) is 0.823. The van der Waals surface area contributed by atoms with Crippen LogP contribution in [-0.2, 0) is 11.2 Å². The fourth-order valence-corrected chi connectivity index (χ4v) is 3.11. The Labute approximate surface area is 116 Å². The molecule has 1 aromatic heterocycles. The fourth-order valence-electron chi connectivity index (χ4n) is 1.34. The van der Waals surface area contributed by atoms with Crippen LogP contribution in [0.2, 0.25) is 0 Å². The molecule has 0 aliphatic rings. The van der Waals surface area contributed by atoms with E-state index in [1.165, 1.54) is 11.5 Å². The van der Waals surface area contributed by atoms with Gasteiger partial charge in [-0.25, -0.2) is 4.98 Å². The zero-order chi connectivity index (χ0) is 13.4. The minimum Gasteiger partial charge on any atom is -0.480 e. The summed E-state index contributed by atoms with van der Waals surface area (Å²) in [5.41, 5.74) is 0. The molecule has 0 saturated heterocycles. The molecule has 1 aromatic rings. The van der Waals surface area contributed by atoms with Crippen molar-refractivity contribution in [3.63, 3.8) is 0 Å². The van der Waals surface area contributed by atoms with Crippen LogP contribution in [0.5, 0.6) is 0 Å². The minimum atomic E-state index is -0.782. The largest absolute Gasteiger partial charge is 0.480 e. The standard InChI is InChI=1S/C11H19N3O2S2/c1-3-6-12-8(10(15)16)5-7-17-11-13-9(4-2)14-18-11/h8,12H,3-7H2,1-2H3,(H,15,16).